The summed E-state index contributed by atoms with van der Waals surface area (Å²) in [6, 6.07) is 0.708. The average molecular weight is 316 g/mol. The third-order valence-corrected chi connectivity index (χ3v) is 2.64. The smallest absolute Gasteiger partial charge is 0.425 e. The lowest BCUT2D eigenvalue weighted by molar-refractivity contribution is -0.190. The molecule has 0 aliphatic heterocycles. The van der Waals surface area contributed by atoms with Crippen molar-refractivity contribution in [2.75, 3.05) is 7.11 Å². The van der Waals surface area contributed by atoms with Crippen LogP contribution in [-0.2, 0) is 4.74 Å². The predicted octanol–water partition coefficient (Wildman–Crippen LogP) is 2.26. The minimum Gasteiger partial charge on any atom is -0.465 e. The van der Waals surface area contributed by atoms with Crippen LogP contribution in [0.3, 0.4) is 0 Å². The van der Waals surface area contributed by atoms with E-state index in [1.807, 2.05) is 0 Å². The van der Waals surface area contributed by atoms with Gasteiger partial charge in [0.2, 0.25) is 5.88 Å². The zero-order valence-corrected chi connectivity index (χ0v) is 12.0. The van der Waals surface area contributed by atoms with Gasteiger partial charge in [-0.15, -0.1) is 12.4 Å². The molecule has 0 spiro atoms. The van der Waals surface area contributed by atoms with E-state index in [1.54, 1.807) is 6.92 Å². The Kier molecular flexibility index (Phi) is 7.18. The van der Waals surface area contributed by atoms with E-state index in [-0.39, 0.29) is 24.4 Å². The summed E-state index contributed by atoms with van der Waals surface area (Å²) in [5.74, 6) is -0.173. The second kappa shape index (κ2) is 7.61. The van der Waals surface area contributed by atoms with Gasteiger partial charge in [0, 0.05) is 13.2 Å². The van der Waals surface area contributed by atoms with Crippen LogP contribution in [0.5, 0.6) is 5.88 Å². The van der Waals surface area contributed by atoms with Crippen LogP contribution in [0.15, 0.2) is 12.4 Å². The van der Waals surface area contributed by atoms with E-state index in [2.05, 4.69) is 9.97 Å². The zero-order valence-electron chi connectivity index (χ0n) is 11.2. The highest BCUT2D eigenvalue weighted by Gasteiger charge is 2.38. The van der Waals surface area contributed by atoms with Gasteiger partial charge >= 0.3 is 6.18 Å². The lowest BCUT2D eigenvalue weighted by Crippen LogP contribution is -2.31. The van der Waals surface area contributed by atoms with E-state index >= 15 is 0 Å². The molecule has 0 aliphatic rings. The number of alkyl halides is 3. The van der Waals surface area contributed by atoms with Crippen LogP contribution in [0, 0.1) is 0 Å². The van der Waals surface area contributed by atoms with E-state index in [0.717, 1.165) is 13.3 Å². The Labute approximate surface area is 121 Å². The maximum absolute atomic E-state index is 12.4. The Morgan fingerprint density at radius 2 is 1.85 bits per heavy atom. The van der Waals surface area contributed by atoms with Gasteiger partial charge in [0.25, 0.3) is 0 Å². The maximum Gasteiger partial charge on any atom is 0.425 e. The Balaban J connectivity index is 0.00000361. The summed E-state index contributed by atoms with van der Waals surface area (Å²) in [7, 11) is 1.48. The van der Waals surface area contributed by atoms with Crippen molar-refractivity contribution in [3.63, 3.8) is 0 Å². The van der Waals surface area contributed by atoms with Gasteiger partial charge in [-0.05, 0) is 13.8 Å². The van der Waals surface area contributed by atoms with Crippen molar-refractivity contribution in [1.82, 2.24) is 9.97 Å². The molecule has 1 heterocycles. The van der Waals surface area contributed by atoms with E-state index in [0.29, 0.717) is 5.69 Å². The van der Waals surface area contributed by atoms with Gasteiger partial charge in [-0.3, -0.25) is 0 Å². The summed E-state index contributed by atoms with van der Waals surface area (Å²) in [6.07, 6.45) is -5.63. The quantitative estimate of drug-likeness (QED) is 0.902. The van der Waals surface area contributed by atoms with Crippen molar-refractivity contribution in [3.05, 3.63) is 18.1 Å². The van der Waals surface area contributed by atoms with Gasteiger partial charge in [0.05, 0.1) is 17.8 Å². The summed E-state index contributed by atoms with van der Waals surface area (Å²) in [6.45, 7) is 2.63. The highest BCUT2D eigenvalue weighted by atomic mass is 35.5. The Morgan fingerprint density at radius 3 is 2.35 bits per heavy atom. The first-order valence-corrected chi connectivity index (χ1v) is 5.59. The summed E-state index contributed by atoms with van der Waals surface area (Å²) in [5.41, 5.74) is 6.20. The molecular weight excluding hydrogens is 299 g/mol. The normalized spacial score (nSPS) is 15.9. The number of hydrogen-bond donors (Lipinski definition) is 1. The lowest BCUT2D eigenvalue weighted by Gasteiger charge is -2.20. The van der Waals surface area contributed by atoms with Crippen LogP contribution in [0.1, 0.15) is 25.6 Å². The molecule has 1 rings (SSSR count). The first-order valence-electron chi connectivity index (χ1n) is 5.59. The summed E-state index contributed by atoms with van der Waals surface area (Å²) in [4.78, 5) is 7.53. The van der Waals surface area contributed by atoms with Gasteiger partial charge in [-0.2, -0.15) is 13.2 Å². The second-order valence-electron chi connectivity index (χ2n) is 4.05. The fourth-order valence-electron chi connectivity index (χ4n) is 1.24. The maximum atomic E-state index is 12.4. The van der Waals surface area contributed by atoms with Gasteiger partial charge in [-0.1, -0.05) is 0 Å². The molecule has 0 amide bonds. The molecule has 9 heteroatoms. The summed E-state index contributed by atoms with van der Waals surface area (Å²) < 4.78 is 46.8. The first-order chi connectivity index (χ1) is 8.75. The fraction of sp³-hybridized carbons (Fsp3) is 0.636. The van der Waals surface area contributed by atoms with E-state index in [1.165, 1.54) is 13.2 Å². The SMILES string of the molecule is CO[C@@H](C)[C@H](N)c1cc(O[C@H](C)C(F)(F)F)ncn1.Cl. The molecule has 0 saturated carbocycles. The van der Waals surface area contributed by atoms with Crippen molar-refractivity contribution in [1.29, 1.82) is 0 Å². The molecule has 1 aromatic rings. The van der Waals surface area contributed by atoms with Crippen molar-refractivity contribution < 1.29 is 22.6 Å². The minimum absolute atomic E-state index is 0. The minimum atomic E-state index is -4.45. The molecule has 116 valence electrons. The van der Waals surface area contributed by atoms with Crippen molar-refractivity contribution in [3.8, 4) is 5.88 Å². The number of methoxy groups -OCH3 is 1. The number of nitrogens with two attached hydrogens (primary N) is 1. The van der Waals surface area contributed by atoms with Gasteiger partial charge in [0.1, 0.15) is 6.33 Å². The molecule has 2 N–H and O–H groups in total. The number of nitrogens with zero attached hydrogens (tertiary/aromatic N) is 2. The summed E-state index contributed by atoms with van der Waals surface area (Å²) >= 11 is 0. The summed E-state index contributed by atoms with van der Waals surface area (Å²) in [5, 5.41) is 0. The second-order valence-corrected chi connectivity index (χ2v) is 4.05. The molecule has 1 aromatic heterocycles. The highest BCUT2D eigenvalue weighted by Crippen LogP contribution is 2.25. The van der Waals surface area contributed by atoms with Crippen molar-refractivity contribution in [2.45, 2.75) is 38.3 Å². The van der Waals surface area contributed by atoms with Crippen LogP contribution >= 0.6 is 12.4 Å². The van der Waals surface area contributed by atoms with Gasteiger partial charge in [0.15, 0.2) is 6.10 Å². The molecule has 20 heavy (non-hydrogen) atoms. The first kappa shape index (κ1) is 18.9. The fourth-order valence-corrected chi connectivity index (χ4v) is 1.24. The average Bonchev–Trinajstić information content (AvgIpc) is 2.36. The molecule has 5 nitrogen and oxygen atoms in total. The molecule has 0 aliphatic carbocycles. The van der Waals surface area contributed by atoms with E-state index in [9.17, 15) is 13.2 Å². The van der Waals surface area contributed by atoms with Crippen LogP contribution < -0.4 is 10.5 Å². The van der Waals surface area contributed by atoms with Gasteiger partial charge < -0.3 is 15.2 Å². The highest BCUT2D eigenvalue weighted by molar-refractivity contribution is 5.85. The number of halogens is 4. The predicted molar refractivity (Wildman–Crippen MR) is 68.8 cm³/mol. The van der Waals surface area contributed by atoms with Crippen molar-refractivity contribution in [2.24, 2.45) is 5.73 Å². The molecule has 0 bridgehead atoms. The zero-order chi connectivity index (χ0) is 14.6. The van der Waals surface area contributed by atoms with Crippen LogP contribution in [0.4, 0.5) is 13.2 Å². The standard InChI is InChI=1S/C11H16F3N3O2.ClH/c1-6(18-3)10(15)8-4-9(17-5-16-8)19-7(2)11(12,13)14;/h4-7,10H,15H2,1-3H3;1H/t6-,7+,10-;/m0./s1. The van der Waals surface area contributed by atoms with Crippen LogP contribution in [0.2, 0.25) is 0 Å². The molecular formula is C11H17ClF3N3O2. The number of aromatic nitrogens is 2. The van der Waals surface area contributed by atoms with Crippen LogP contribution in [0.25, 0.3) is 0 Å². The Bertz CT molecular complexity index is 420. The molecule has 0 fully saturated rings. The van der Waals surface area contributed by atoms with E-state index in [4.69, 9.17) is 15.2 Å². The third kappa shape index (κ3) is 5.10. The Hall–Kier alpha value is -1.12. The number of ether oxygens (including phenoxy) is 2. The monoisotopic (exact) mass is 315 g/mol. The largest absolute Gasteiger partial charge is 0.465 e. The molecule has 0 saturated heterocycles. The number of rotatable bonds is 5. The Morgan fingerprint density at radius 1 is 1.25 bits per heavy atom. The lowest BCUT2D eigenvalue weighted by atomic mass is 10.1. The van der Waals surface area contributed by atoms with Crippen molar-refractivity contribution >= 4 is 12.4 Å². The number of hydrogen-bond acceptors (Lipinski definition) is 5. The van der Waals surface area contributed by atoms with E-state index < -0.39 is 18.3 Å². The van der Waals surface area contributed by atoms with Crippen LogP contribution in [-0.4, -0.2) is 35.5 Å². The molecule has 0 radical (unpaired) electrons. The topological polar surface area (TPSA) is 70.3 Å². The van der Waals surface area contributed by atoms with Gasteiger partial charge in [-0.25, -0.2) is 9.97 Å². The molecule has 3 atom stereocenters. The third-order valence-electron chi connectivity index (χ3n) is 2.64. The molecule has 0 unspecified atom stereocenters. The molecule has 0 aromatic carbocycles.